The lowest BCUT2D eigenvalue weighted by atomic mass is 9.98. The fraction of sp³-hybridized carbons (Fsp3) is 0.846. The van der Waals surface area contributed by atoms with E-state index in [-0.39, 0.29) is 17.9 Å². The Bertz CT molecular complexity index is 297. The standard InChI is InChI=1S/C13H22N2O3/c1-2-6-14-11(10-5-7-18-9-10)8-15-12(16)3-4-13(15)17/h10-11,14H,2-9H2,1H3. The third-order valence-corrected chi connectivity index (χ3v) is 3.72. The van der Waals surface area contributed by atoms with Gasteiger partial charge in [-0.3, -0.25) is 14.5 Å². The van der Waals surface area contributed by atoms with Crippen LogP contribution in [0, 0.1) is 5.92 Å². The molecule has 0 aromatic rings. The Kier molecular flexibility index (Phi) is 4.72. The van der Waals surface area contributed by atoms with Crippen molar-refractivity contribution in [1.82, 2.24) is 10.2 Å². The van der Waals surface area contributed by atoms with Gasteiger partial charge >= 0.3 is 0 Å². The van der Waals surface area contributed by atoms with Crippen molar-refractivity contribution in [2.24, 2.45) is 5.92 Å². The molecule has 0 aromatic carbocycles. The SMILES string of the molecule is CCCNC(CN1C(=O)CCC1=O)C1CCOC1. The van der Waals surface area contributed by atoms with Crippen LogP contribution in [0.1, 0.15) is 32.6 Å². The Morgan fingerprint density at radius 2 is 2.11 bits per heavy atom. The summed E-state index contributed by atoms with van der Waals surface area (Å²) >= 11 is 0. The van der Waals surface area contributed by atoms with Gasteiger partial charge in [-0.15, -0.1) is 0 Å². The van der Waals surface area contributed by atoms with Crippen LogP contribution in [0.3, 0.4) is 0 Å². The highest BCUT2D eigenvalue weighted by Crippen LogP contribution is 2.20. The van der Waals surface area contributed by atoms with E-state index in [0.717, 1.165) is 32.6 Å². The van der Waals surface area contributed by atoms with Crippen molar-refractivity contribution in [2.75, 3.05) is 26.3 Å². The second-order valence-electron chi connectivity index (χ2n) is 5.08. The smallest absolute Gasteiger partial charge is 0.229 e. The molecule has 0 bridgehead atoms. The molecule has 0 spiro atoms. The van der Waals surface area contributed by atoms with Crippen LogP contribution in [-0.4, -0.2) is 49.1 Å². The monoisotopic (exact) mass is 254 g/mol. The minimum Gasteiger partial charge on any atom is -0.381 e. The maximum Gasteiger partial charge on any atom is 0.229 e. The van der Waals surface area contributed by atoms with Crippen molar-refractivity contribution in [2.45, 2.75) is 38.6 Å². The van der Waals surface area contributed by atoms with Crippen LogP contribution in [0.5, 0.6) is 0 Å². The predicted octanol–water partition coefficient (Wildman–Crippen LogP) is 0.540. The number of hydrogen-bond acceptors (Lipinski definition) is 4. The molecule has 2 aliphatic rings. The van der Waals surface area contributed by atoms with E-state index < -0.39 is 0 Å². The Morgan fingerprint density at radius 3 is 2.67 bits per heavy atom. The van der Waals surface area contributed by atoms with Crippen molar-refractivity contribution in [3.63, 3.8) is 0 Å². The fourth-order valence-corrected chi connectivity index (χ4v) is 2.60. The van der Waals surface area contributed by atoms with Crippen LogP contribution in [-0.2, 0) is 14.3 Å². The molecule has 0 aliphatic carbocycles. The molecule has 2 amide bonds. The number of nitrogens with zero attached hydrogens (tertiary/aromatic N) is 1. The number of imide groups is 1. The van der Waals surface area contributed by atoms with Crippen LogP contribution in [0.15, 0.2) is 0 Å². The number of nitrogens with one attached hydrogen (secondary N) is 1. The Morgan fingerprint density at radius 1 is 1.39 bits per heavy atom. The summed E-state index contributed by atoms with van der Waals surface area (Å²) in [6.07, 6.45) is 2.81. The zero-order valence-electron chi connectivity index (χ0n) is 11.0. The summed E-state index contributed by atoms with van der Waals surface area (Å²) < 4.78 is 5.41. The molecular formula is C13H22N2O3. The molecule has 18 heavy (non-hydrogen) atoms. The summed E-state index contributed by atoms with van der Waals surface area (Å²) in [6.45, 7) is 5.05. The normalized spacial score (nSPS) is 26.1. The first-order valence-electron chi connectivity index (χ1n) is 6.86. The number of amides is 2. The van der Waals surface area contributed by atoms with E-state index in [1.807, 2.05) is 0 Å². The van der Waals surface area contributed by atoms with E-state index in [1.165, 1.54) is 4.90 Å². The van der Waals surface area contributed by atoms with Gasteiger partial charge in [0.1, 0.15) is 0 Å². The van der Waals surface area contributed by atoms with Crippen molar-refractivity contribution >= 4 is 11.8 Å². The van der Waals surface area contributed by atoms with Crippen LogP contribution < -0.4 is 5.32 Å². The van der Waals surface area contributed by atoms with Gasteiger partial charge in [-0.2, -0.15) is 0 Å². The molecule has 0 radical (unpaired) electrons. The van der Waals surface area contributed by atoms with Gasteiger partial charge < -0.3 is 10.1 Å². The van der Waals surface area contributed by atoms with E-state index in [2.05, 4.69) is 12.2 Å². The molecule has 2 saturated heterocycles. The van der Waals surface area contributed by atoms with E-state index in [1.54, 1.807) is 0 Å². The van der Waals surface area contributed by atoms with Gasteiger partial charge in [0, 0.05) is 38.0 Å². The summed E-state index contributed by atoms with van der Waals surface area (Å²) in [5, 5.41) is 3.45. The molecule has 2 aliphatic heterocycles. The molecule has 0 saturated carbocycles. The first kappa shape index (κ1) is 13.5. The molecule has 5 nitrogen and oxygen atoms in total. The highest BCUT2D eigenvalue weighted by molar-refractivity contribution is 6.01. The van der Waals surface area contributed by atoms with E-state index >= 15 is 0 Å². The molecule has 2 atom stereocenters. The Hall–Kier alpha value is -0.940. The van der Waals surface area contributed by atoms with Crippen molar-refractivity contribution in [1.29, 1.82) is 0 Å². The van der Waals surface area contributed by atoms with Gasteiger partial charge in [-0.1, -0.05) is 6.92 Å². The van der Waals surface area contributed by atoms with E-state index in [4.69, 9.17) is 4.74 Å². The van der Waals surface area contributed by atoms with Gasteiger partial charge in [0.05, 0.1) is 6.61 Å². The molecular weight excluding hydrogens is 232 g/mol. The van der Waals surface area contributed by atoms with Crippen molar-refractivity contribution < 1.29 is 14.3 Å². The minimum atomic E-state index is -0.0257. The Labute approximate surface area is 108 Å². The van der Waals surface area contributed by atoms with E-state index in [9.17, 15) is 9.59 Å². The molecule has 2 heterocycles. The number of ether oxygens (including phenoxy) is 1. The lowest BCUT2D eigenvalue weighted by Gasteiger charge is -2.27. The maximum absolute atomic E-state index is 11.7. The van der Waals surface area contributed by atoms with Crippen LogP contribution >= 0.6 is 0 Å². The van der Waals surface area contributed by atoms with Crippen molar-refractivity contribution in [3.05, 3.63) is 0 Å². The molecule has 1 N–H and O–H groups in total. The molecule has 5 heteroatoms. The lowest BCUT2D eigenvalue weighted by Crippen LogP contribution is -2.47. The minimum absolute atomic E-state index is 0.0257. The third kappa shape index (κ3) is 3.09. The topological polar surface area (TPSA) is 58.6 Å². The average molecular weight is 254 g/mol. The number of carbonyl (C=O) groups is 2. The number of hydrogen-bond donors (Lipinski definition) is 1. The second kappa shape index (κ2) is 6.29. The number of likely N-dealkylation sites (tertiary alicyclic amines) is 1. The first-order chi connectivity index (χ1) is 8.72. The number of carbonyl (C=O) groups excluding carboxylic acids is 2. The maximum atomic E-state index is 11.7. The summed E-state index contributed by atoms with van der Waals surface area (Å²) in [6, 6.07) is 0.179. The largest absolute Gasteiger partial charge is 0.381 e. The van der Waals surface area contributed by atoms with Gasteiger partial charge in [-0.25, -0.2) is 0 Å². The molecule has 102 valence electrons. The van der Waals surface area contributed by atoms with Gasteiger partial charge in [0.25, 0.3) is 0 Å². The van der Waals surface area contributed by atoms with Crippen molar-refractivity contribution in [3.8, 4) is 0 Å². The third-order valence-electron chi connectivity index (χ3n) is 3.72. The molecule has 2 rings (SSSR count). The highest BCUT2D eigenvalue weighted by atomic mass is 16.5. The van der Waals surface area contributed by atoms with Crippen LogP contribution in [0.4, 0.5) is 0 Å². The van der Waals surface area contributed by atoms with E-state index in [0.29, 0.717) is 25.3 Å². The summed E-state index contributed by atoms with van der Waals surface area (Å²) in [7, 11) is 0. The average Bonchev–Trinajstić information content (AvgIpc) is 2.98. The van der Waals surface area contributed by atoms with Gasteiger partial charge in [0.15, 0.2) is 0 Å². The van der Waals surface area contributed by atoms with Crippen LogP contribution in [0.25, 0.3) is 0 Å². The summed E-state index contributed by atoms with van der Waals surface area (Å²) in [5.74, 6) is 0.363. The van der Waals surface area contributed by atoms with Gasteiger partial charge in [-0.05, 0) is 19.4 Å². The lowest BCUT2D eigenvalue weighted by molar-refractivity contribution is -0.139. The zero-order valence-corrected chi connectivity index (χ0v) is 11.0. The fourth-order valence-electron chi connectivity index (χ4n) is 2.60. The van der Waals surface area contributed by atoms with Gasteiger partial charge in [0.2, 0.25) is 11.8 Å². The quantitative estimate of drug-likeness (QED) is 0.703. The molecule has 2 unspecified atom stereocenters. The Balaban J connectivity index is 1.95. The first-order valence-corrected chi connectivity index (χ1v) is 6.86. The van der Waals surface area contributed by atoms with Crippen LogP contribution in [0.2, 0.25) is 0 Å². The summed E-state index contributed by atoms with van der Waals surface area (Å²) in [5.41, 5.74) is 0. The predicted molar refractivity (Wildman–Crippen MR) is 67.0 cm³/mol. The highest BCUT2D eigenvalue weighted by Gasteiger charge is 2.34. The molecule has 0 aromatic heterocycles. The molecule has 2 fully saturated rings. The number of rotatable bonds is 6. The second-order valence-corrected chi connectivity index (χ2v) is 5.08. The zero-order chi connectivity index (χ0) is 13.0. The summed E-state index contributed by atoms with van der Waals surface area (Å²) in [4.78, 5) is 24.7.